The summed E-state index contributed by atoms with van der Waals surface area (Å²) in [5.74, 6) is -0.149. The molecular formula is C16H20N4O2. The topological polar surface area (TPSA) is 79.0 Å². The lowest BCUT2D eigenvalue weighted by molar-refractivity contribution is 0.0895. The third-order valence-electron chi connectivity index (χ3n) is 3.66. The molecule has 6 heteroatoms. The predicted octanol–water partition coefficient (Wildman–Crippen LogP) is 1.00. The van der Waals surface area contributed by atoms with E-state index in [9.17, 15) is 4.79 Å². The number of fused-ring (bicyclic) bond motifs is 1. The molecule has 22 heavy (non-hydrogen) atoms. The SMILES string of the molecule is O=C(NCCOCc1ccccc1)c1n[nH]c2c1CNCC2. The number of rotatable bonds is 6. The standard InChI is InChI=1S/C16H20N4O2/c21-16(15-13-10-17-7-6-14(13)19-20-15)18-8-9-22-11-12-4-2-1-3-5-12/h1-5,17H,6-11H2,(H,18,21)(H,19,20). The van der Waals surface area contributed by atoms with Gasteiger partial charge in [-0.3, -0.25) is 9.89 Å². The summed E-state index contributed by atoms with van der Waals surface area (Å²) >= 11 is 0. The van der Waals surface area contributed by atoms with E-state index < -0.39 is 0 Å². The molecule has 1 aromatic carbocycles. The van der Waals surface area contributed by atoms with Crippen LogP contribution < -0.4 is 10.6 Å². The monoisotopic (exact) mass is 300 g/mol. The minimum Gasteiger partial charge on any atom is -0.375 e. The number of hydrogen-bond donors (Lipinski definition) is 3. The van der Waals surface area contributed by atoms with E-state index in [4.69, 9.17) is 4.74 Å². The van der Waals surface area contributed by atoms with Gasteiger partial charge in [-0.15, -0.1) is 0 Å². The van der Waals surface area contributed by atoms with Crippen molar-refractivity contribution in [3.63, 3.8) is 0 Å². The normalized spacial score (nSPS) is 13.6. The van der Waals surface area contributed by atoms with Gasteiger partial charge in [0.1, 0.15) is 0 Å². The summed E-state index contributed by atoms with van der Waals surface area (Å²) in [5, 5.41) is 13.2. The van der Waals surface area contributed by atoms with Crippen molar-refractivity contribution >= 4 is 5.91 Å². The highest BCUT2D eigenvalue weighted by Crippen LogP contribution is 2.14. The average molecular weight is 300 g/mol. The number of benzene rings is 1. The number of hydrogen-bond acceptors (Lipinski definition) is 4. The lowest BCUT2D eigenvalue weighted by Gasteiger charge is -2.12. The Kier molecular flexibility index (Phi) is 4.82. The molecule has 1 amide bonds. The molecule has 2 aromatic rings. The molecule has 1 aromatic heterocycles. The van der Waals surface area contributed by atoms with Crippen LogP contribution in [0, 0.1) is 0 Å². The van der Waals surface area contributed by atoms with Crippen LogP contribution >= 0.6 is 0 Å². The number of carbonyl (C=O) groups is 1. The second-order valence-corrected chi connectivity index (χ2v) is 5.25. The van der Waals surface area contributed by atoms with Gasteiger partial charge < -0.3 is 15.4 Å². The van der Waals surface area contributed by atoms with E-state index in [2.05, 4.69) is 20.8 Å². The van der Waals surface area contributed by atoms with Gasteiger partial charge in [-0.05, 0) is 5.56 Å². The predicted molar refractivity (Wildman–Crippen MR) is 82.4 cm³/mol. The number of ether oxygens (including phenoxy) is 1. The van der Waals surface area contributed by atoms with Gasteiger partial charge in [-0.2, -0.15) is 5.10 Å². The van der Waals surface area contributed by atoms with Crippen molar-refractivity contribution < 1.29 is 9.53 Å². The molecule has 0 spiro atoms. The van der Waals surface area contributed by atoms with Crippen molar-refractivity contribution in [2.24, 2.45) is 0 Å². The minimum absolute atomic E-state index is 0.149. The molecule has 3 N–H and O–H groups in total. The quantitative estimate of drug-likeness (QED) is 0.696. The molecular weight excluding hydrogens is 280 g/mol. The number of nitrogens with one attached hydrogen (secondary N) is 3. The van der Waals surface area contributed by atoms with Crippen molar-refractivity contribution in [2.45, 2.75) is 19.6 Å². The number of amides is 1. The van der Waals surface area contributed by atoms with E-state index in [0.29, 0.717) is 32.0 Å². The van der Waals surface area contributed by atoms with E-state index in [1.54, 1.807) is 0 Å². The smallest absolute Gasteiger partial charge is 0.272 e. The summed E-state index contributed by atoms with van der Waals surface area (Å²) in [4.78, 5) is 12.1. The first kappa shape index (κ1) is 14.7. The zero-order chi connectivity index (χ0) is 15.2. The number of carbonyl (C=O) groups excluding carboxylic acids is 1. The first-order valence-electron chi connectivity index (χ1n) is 7.51. The fourth-order valence-corrected chi connectivity index (χ4v) is 2.50. The second kappa shape index (κ2) is 7.20. The molecule has 1 aliphatic rings. The Morgan fingerprint density at radius 1 is 1.32 bits per heavy atom. The van der Waals surface area contributed by atoms with Gasteiger partial charge in [0, 0.05) is 37.3 Å². The number of aromatic amines is 1. The highest BCUT2D eigenvalue weighted by molar-refractivity contribution is 5.94. The van der Waals surface area contributed by atoms with Crippen molar-refractivity contribution in [1.82, 2.24) is 20.8 Å². The van der Waals surface area contributed by atoms with E-state index in [0.717, 1.165) is 29.8 Å². The van der Waals surface area contributed by atoms with Gasteiger partial charge in [-0.1, -0.05) is 30.3 Å². The Bertz CT molecular complexity index is 624. The number of nitrogens with zero attached hydrogens (tertiary/aromatic N) is 1. The maximum atomic E-state index is 12.1. The summed E-state index contributed by atoms with van der Waals surface area (Å²) in [6.45, 7) is 3.12. The Labute approximate surface area is 129 Å². The van der Waals surface area contributed by atoms with Gasteiger partial charge in [0.15, 0.2) is 5.69 Å². The largest absolute Gasteiger partial charge is 0.375 e. The first-order chi connectivity index (χ1) is 10.8. The van der Waals surface area contributed by atoms with Crippen LogP contribution in [0.25, 0.3) is 0 Å². The van der Waals surface area contributed by atoms with Crippen LogP contribution in [0.2, 0.25) is 0 Å². The van der Waals surface area contributed by atoms with Crippen molar-refractivity contribution in [2.75, 3.05) is 19.7 Å². The maximum Gasteiger partial charge on any atom is 0.272 e. The molecule has 0 atom stereocenters. The lowest BCUT2D eigenvalue weighted by Crippen LogP contribution is -2.30. The number of H-pyrrole nitrogens is 1. The molecule has 0 fully saturated rings. The van der Waals surface area contributed by atoms with Crippen molar-refractivity contribution in [1.29, 1.82) is 0 Å². The average Bonchev–Trinajstić information content (AvgIpc) is 2.99. The van der Waals surface area contributed by atoms with Gasteiger partial charge in [0.05, 0.1) is 13.2 Å². The zero-order valence-corrected chi connectivity index (χ0v) is 12.4. The zero-order valence-electron chi connectivity index (χ0n) is 12.4. The fourth-order valence-electron chi connectivity index (χ4n) is 2.50. The van der Waals surface area contributed by atoms with Gasteiger partial charge >= 0.3 is 0 Å². The van der Waals surface area contributed by atoms with Crippen LogP contribution in [0.3, 0.4) is 0 Å². The molecule has 0 radical (unpaired) electrons. The number of aromatic nitrogens is 2. The Morgan fingerprint density at radius 2 is 2.18 bits per heavy atom. The molecule has 0 unspecified atom stereocenters. The first-order valence-corrected chi connectivity index (χ1v) is 7.51. The van der Waals surface area contributed by atoms with Gasteiger partial charge in [0.2, 0.25) is 0 Å². The third-order valence-corrected chi connectivity index (χ3v) is 3.66. The molecule has 0 aliphatic carbocycles. The summed E-state index contributed by atoms with van der Waals surface area (Å²) < 4.78 is 5.54. The molecule has 2 heterocycles. The molecule has 0 saturated carbocycles. The molecule has 1 aliphatic heterocycles. The van der Waals surface area contributed by atoms with Crippen LogP contribution in [0.1, 0.15) is 27.3 Å². The van der Waals surface area contributed by atoms with E-state index in [-0.39, 0.29) is 5.91 Å². The van der Waals surface area contributed by atoms with Crippen LogP contribution in [-0.4, -0.2) is 35.8 Å². The Balaban J connectivity index is 1.42. The van der Waals surface area contributed by atoms with Crippen LogP contribution in [-0.2, 0) is 24.3 Å². The Hall–Kier alpha value is -2.18. The molecule has 0 bridgehead atoms. The van der Waals surface area contributed by atoms with Gasteiger partial charge in [-0.25, -0.2) is 0 Å². The van der Waals surface area contributed by atoms with Crippen LogP contribution in [0.15, 0.2) is 30.3 Å². The van der Waals surface area contributed by atoms with Crippen LogP contribution in [0.4, 0.5) is 0 Å². The summed E-state index contributed by atoms with van der Waals surface area (Å²) in [5.41, 5.74) is 3.66. The fraction of sp³-hybridized carbons (Fsp3) is 0.375. The molecule has 3 rings (SSSR count). The van der Waals surface area contributed by atoms with Crippen LogP contribution in [0.5, 0.6) is 0 Å². The minimum atomic E-state index is -0.149. The van der Waals surface area contributed by atoms with E-state index >= 15 is 0 Å². The Morgan fingerprint density at radius 3 is 3.05 bits per heavy atom. The maximum absolute atomic E-state index is 12.1. The molecule has 6 nitrogen and oxygen atoms in total. The lowest BCUT2D eigenvalue weighted by atomic mass is 10.1. The highest BCUT2D eigenvalue weighted by Gasteiger charge is 2.20. The highest BCUT2D eigenvalue weighted by atomic mass is 16.5. The van der Waals surface area contributed by atoms with Crippen molar-refractivity contribution in [3.8, 4) is 0 Å². The molecule has 0 saturated heterocycles. The second-order valence-electron chi connectivity index (χ2n) is 5.25. The van der Waals surface area contributed by atoms with E-state index in [1.807, 2.05) is 30.3 Å². The third kappa shape index (κ3) is 3.52. The molecule has 116 valence electrons. The summed E-state index contributed by atoms with van der Waals surface area (Å²) in [6, 6.07) is 9.97. The van der Waals surface area contributed by atoms with E-state index in [1.165, 1.54) is 0 Å². The van der Waals surface area contributed by atoms with Crippen molar-refractivity contribution in [3.05, 3.63) is 52.8 Å². The van der Waals surface area contributed by atoms with Gasteiger partial charge in [0.25, 0.3) is 5.91 Å². The summed E-state index contributed by atoms with van der Waals surface area (Å²) in [7, 11) is 0. The summed E-state index contributed by atoms with van der Waals surface area (Å²) in [6.07, 6.45) is 0.885.